The van der Waals surface area contributed by atoms with Gasteiger partial charge in [-0.15, -0.1) is 0 Å². The van der Waals surface area contributed by atoms with Crippen molar-refractivity contribution in [3.63, 3.8) is 0 Å². The molecule has 1 aliphatic heterocycles. The number of carbonyl (C=O) groups excluding carboxylic acids is 2. The lowest BCUT2D eigenvalue weighted by Crippen LogP contribution is -2.47. The molecule has 0 aromatic rings. The number of hydrogen-bond acceptors (Lipinski definition) is 3. The standard InChI is InChI=1S/C14H23N3O2/c1-14(13(16)19)4-5-17(7-14)12(18)10-8-2-3-9(6-8)11(10)15/h8-11H,2-7,15H2,1H3,(H2,16,19). The van der Waals surface area contributed by atoms with Crippen LogP contribution in [0.2, 0.25) is 0 Å². The van der Waals surface area contributed by atoms with Gasteiger partial charge in [0.2, 0.25) is 11.8 Å². The summed E-state index contributed by atoms with van der Waals surface area (Å²) in [5, 5.41) is 0. The molecule has 106 valence electrons. The van der Waals surface area contributed by atoms with Crippen molar-refractivity contribution in [1.29, 1.82) is 0 Å². The molecule has 0 aromatic heterocycles. The Morgan fingerprint density at radius 1 is 1.26 bits per heavy atom. The van der Waals surface area contributed by atoms with E-state index < -0.39 is 5.41 Å². The number of nitrogens with zero attached hydrogens (tertiary/aromatic N) is 1. The molecule has 5 nitrogen and oxygen atoms in total. The van der Waals surface area contributed by atoms with E-state index in [9.17, 15) is 9.59 Å². The smallest absolute Gasteiger partial charge is 0.227 e. The van der Waals surface area contributed by atoms with Gasteiger partial charge in [-0.25, -0.2) is 0 Å². The second kappa shape index (κ2) is 4.20. The minimum Gasteiger partial charge on any atom is -0.369 e. The molecule has 0 radical (unpaired) electrons. The van der Waals surface area contributed by atoms with Crippen molar-refractivity contribution in [3.8, 4) is 0 Å². The van der Waals surface area contributed by atoms with Gasteiger partial charge in [0.15, 0.2) is 0 Å². The molecule has 5 unspecified atom stereocenters. The van der Waals surface area contributed by atoms with Gasteiger partial charge in [-0.3, -0.25) is 9.59 Å². The molecule has 2 amide bonds. The van der Waals surface area contributed by atoms with E-state index in [-0.39, 0.29) is 23.8 Å². The highest BCUT2D eigenvalue weighted by atomic mass is 16.2. The highest BCUT2D eigenvalue weighted by Gasteiger charge is 2.52. The average molecular weight is 265 g/mol. The molecule has 2 saturated carbocycles. The summed E-state index contributed by atoms with van der Waals surface area (Å²) in [5.74, 6) is 0.829. The van der Waals surface area contributed by atoms with Gasteiger partial charge in [0.25, 0.3) is 0 Å². The summed E-state index contributed by atoms with van der Waals surface area (Å²) in [5.41, 5.74) is 11.1. The predicted molar refractivity (Wildman–Crippen MR) is 70.8 cm³/mol. The lowest BCUT2D eigenvalue weighted by Gasteiger charge is -2.31. The van der Waals surface area contributed by atoms with Gasteiger partial charge >= 0.3 is 0 Å². The van der Waals surface area contributed by atoms with E-state index in [1.54, 1.807) is 0 Å². The first-order valence-corrected chi connectivity index (χ1v) is 7.27. The van der Waals surface area contributed by atoms with Gasteiger partial charge in [-0.05, 0) is 44.4 Å². The summed E-state index contributed by atoms with van der Waals surface area (Å²) in [4.78, 5) is 25.9. The topological polar surface area (TPSA) is 89.4 Å². The Labute approximate surface area is 113 Å². The first-order chi connectivity index (χ1) is 8.92. The molecule has 1 heterocycles. The number of rotatable bonds is 2. The summed E-state index contributed by atoms with van der Waals surface area (Å²) in [6, 6.07) is 0.0201. The van der Waals surface area contributed by atoms with Crippen molar-refractivity contribution in [3.05, 3.63) is 0 Å². The van der Waals surface area contributed by atoms with Crippen LogP contribution < -0.4 is 11.5 Å². The van der Waals surface area contributed by atoms with Crippen LogP contribution in [0, 0.1) is 23.2 Å². The third kappa shape index (κ3) is 1.86. The number of fused-ring (bicyclic) bond motifs is 2. The lowest BCUT2D eigenvalue weighted by atomic mass is 9.84. The Morgan fingerprint density at radius 3 is 2.47 bits per heavy atom. The number of nitrogens with two attached hydrogens (primary N) is 2. The lowest BCUT2D eigenvalue weighted by molar-refractivity contribution is -0.137. The monoisotopic (exact) mass is 265 g/mol. The Bertz CT molecular complexity index is 423. The summed E-state index contributed by atoms with van der Waals surface area (Å²) in [6.45, 7) is 2.95. The largest absolute Gasteiger partial charge is 0.369 e. The first-order valence-electron chi connectivity index (χ1n) is 7.27. The van der Waals surface area contributed by atoms with Gasteiger partial charge in [-0.2, -0.15) is 0 Å². The molecular weight excluding hydrogens is 242 g/mol. The summed E-state index contributed by atoms with van der Waals surface area (Å²) >= 11 is 0. The van der Waals surface area contributed by atoms with E-state index in [4.69, 9.17) is 11.5 Å². The average Bonchev–Trinajstić information content (AvgIpc) is 3.03. The Balaban J connectivity index is 1.71. The Hall–Kier alpha value is -1.10. The van der Waals surface area contributed by atoms with E-state index in [0.717, 1.165) is 12.8 Å². The van der Waals surface area contributed by atoms with Crippen LogP contribution in [0.15, 0.2) is 0 Å². The number of amides is 2. The third-order valence-corrected chi connectivity index (χ3v) is 5.65. The van der Waals surface area contributed by atoms with Gasteiger partial charge in [0, 0.05) is 19.1 Å². The van der Waals surface area contributed by atoms with Gasteiger partial charge in [0.05, 0.1) is 11.3 Å². The Kier molecular flexibility index (Phi) is 2.85. The summed E-state index contributed by atoms with van der Waals surface area (Å²) in [7, 11) is 0. The van der Waals surface area contributed by atoms with Crippen LogP contribution in [0.5, 0.6) is 0 Å². The van der Waals surface area contributed by atoms with Crippen LogP contribution in [0.4, 0.5) is 0 Å². The minimum absolute atomic E-state index is 0.0195. The van der Waals surface area contributed by atoms with Crippen LogP contribution in [0.25, 0.3) is 0 Å². The SMILES string of the molecule is CC1(C(N)=O)CCN(C(=O)C2C3CCC(C3)C2N)C1. The fourth-order valence-corrected chi connectivity index (χ4v) is 4.26. The van der Waals surface area contributed by atoms with Crippen molar-refractivity contribution >= 4 is 11.8 Å². The zero-order valence-electron chi connectivity index (χ0n) is 11.5. The molecule has 5 heteroatoms. The molecule has 3 fully saturated rings. The molecule has 19 heavy (non-hydrogen) atoms. The molecule has 1 saturated heterocycles. The zero-order chi connectivity index (χ0) is 13.8. The number of hydrogen-bond donors (Lipinski definition) is 2. The molecule has 3 rings (SSSR count). The fourth-order valence-electron chi connectivity index (χ4n) is 4.26. The molecule has 0 aromatic carbocycles. The van der Waals surface area contributed by atoms with Crippen LogP contribution in [-0.4, -0.2) is 35.8 Å². The van der Waals surface area contributed by atoms with Crippen LogP contribution in [-0.2, 0) is 9.59 Å². The minimum atomic E-state index is -0.558. The molecular formula is C14H23N3O2. The number of primary amides is 1. The van der Waals surface area contributed by atoms with Gasteiger partial charge < -0.3 is 16.4 Å². The molecule has 2 aliphatic carbocycles. The van der Waals surface area contributed by atoms with E-state index in [1.165, 1.54) is 6.42 Å². The molecule has 2 bridgehead atoms. The predicted octanol–water partition coefficient (Wildman–Crippen LogP) is 0.0837. The second-order valence-electron chi connectivity index (χ2n) is 6.87. The quantitative estimate of drug-likeness (QED) is 0.741. The Morgan fingerprint density at radius 2 is 1.95 bits per heavy atom. The molecule has 3 aliphatic rings. The van der Waals surface area contributed by atoms with Crippen LogP contribution in [0.3, 0.4) is 0 Å². The van der Waals surface area contributed by atoms with Crippen molar-refractivity contribution in [2.45, 2.75) is 38.6 Å². The summed E-state index contributed by atoms with van der Waals surface area (Å²) < 4.78 is 0. The summed E-state index contributed by atoms with van der Waals surface area (Å²) in [6.07, 6.45) is 4.09. The number of likely N-dealkylation sites (tertiary alicyclic amines) is 1. The van der Waals surface area contributed by atoms with Crippen molar-refractivity contribution in [2.24, 2.45) is 34.6 Å². The van der Waals surface area contributed by atoms with Crippen molar-refractivity contribution < 1.29 is 9.59 Å². The van der Waals surface area contributed by atoms with Gasteiger partial charge in [-0.1, -0.05) is 0 Å². The highest BCUT2D eigenvalue weighted by molar-refractivity contribution is 5.85. The zero-order valence-corrected chi connectivity index (χ0v) is 11.5. The van der Waals surface area contributed by atoms with Crippen LogP contribution >= 0.6 is 0 Å². The van der Waals surface area contributed by atoms with Crippen molar-refractivity contribution in [2.75, 3.05) is 13.1 Å². The van der Waals surface area contributed by atoms with Crippen molar-refractivity contribution in [1.82, 2.24) is 4.90 Å². The first kappa shape index (κ1) is 12.9. The van der Waals surface area contributed by atoms with Gasteiger partial charge in [0.1, 0.15) is 0 Å². The third-order valence-electron chi connectivity index (χ3n) is 5.65. The molecule has 0 spiro atoms. The number of carbonyl (C=O) groups is 2. The van der Waals surface area contributed by atoms with E-state index in [2.05, 4.69) is 0 Å². The maximum Gasteiger partial charge on any atom is 0.227 e. The van der Waals surface area contributed by atoms with E-state index in [1.807, 2.05) is 11.8 Å². The normalized spacial score (nSPS) is 44.8. The molecule has 4 N–H and O–H groups in total. The molecule has 5 atom stereocenters. The maximum absolute atomic E-state index is 12.7. The maximum atomic E-state index is 12.7. The van der Waals surface area contributed by atoms with E-state index >= 15 is 0 Å². The fraction of sp³-hybridized carbons (Fsp3) is 0.857. The van der Waals surface area contributed by atoms with E-state index in [0.29, 0.717) is 31.3 Å². The second-order valence-corrected chi connectivity index (χ2v) is 6.87. The highest BCUT2D eigenvalue weighted by Crippen LogP contribution is 2.48. The van der Waals surface area contributed by atoms with Crippen LogP contribution in [0.1, 0.15) is 32.6 Å².